The Labute approximate surface area is 141 Å². The molecule has 1 heterocycles. The predicted molar refractivity (Wildman–Crippen MR) is 90.2 cm³/mol. The number of hydrogen-bond donors (Lipinski definition) is 2. The van der Waals surface area contributed by atoms with Gasteiger partial charge < -0.3 is 20.3 Å². The van der Waals surface area contributed by atoms with E-state index in [2.05, 4.69) is 10.6 Å². The smallest absolute Gasteiger partial charge is 0.239 e. The maximum Gasteiger partial charge on any atom is 0.239 e. The Morgan fingerprint density at radius 1 is 1.30 bits per heavy atom. The molecule has 0 atom stereocenters. The number of halogens is 1. The summed E-state index contributed by atoms with van der Waals surface area (Å²) in [6.07, 6.45) is 1.82. The van der Waals surface area contributed by atoms with E-state index in [1.165, 1.54) is 6.92 Å². The second kappa shape index (κ2) is 8.06. The zero-order valence-electron chi connectivity index (χ0n) is 13.4. The molecular formula is C16H22ClN3O3. The largest absolute Gasteiger partial charge is 0.495 e. The maximum absolute atomic E-state index is 12.1. The third-order valence-electron chi connectivity index (χ3n) is 3.74. The number of nitrogens with one attached hydrogen (secondary N) is 2. The molecule has 1 aromatic carbocycles. The SMILES string of the molecule is COc1ccc(Cl)c2c1N(CC(=O)NCCNC(C)=O)CCC2. The number of methoxy groups -OCH3 is 1. The highest BCUT2D eigenvalue weighted by atomic mass is 35.5. The van der Waals surface area contributed by atoms with E-state index in [1.54, 1.807) is 7.11 Å². The summed E-state index contributed by atoms with van der Waals surface area (Å²) < 4.78 is 5.42. The highest BCUT2D eigenvalue weighted by Crippen LogP contribution is 2.39. The summed E-state index contributed by atoms with van der Waals surface area (Å²) in [6.45, 7) is 3.30. The van der Waals surface area contributed by atoms with Gasteiger partial charge >= 0.3 is 0 Å². The lowest BCUT2D eigenvalue weighted by Gasteiger charge is -2.32. The molecular weight excluding hydrogens is 318 g/mol. The fourth-order valence-electron chi connectivity index (χ4n) is 2.73. The summed E-state index contributed by atoms with van der Waals surface area (Å²) in [7, 11) is 1.61. The normalized spacial score (nSPS) is 13.3. The molecule has 0 aliphatic carbocycles. The van der Waals surface area contributed by atoms with Gasteiger partial charge in [0.15, 0.2) is 0 Å². The number of hydrogen-bond acceptors (Lipinski definition) is 4. The summed E-state index contributed by atoms with van der Waals surface area (Å²) >= 11 is 6.28. The lowest BCUT2D eigenvalue weighted by Crippen LogP contribution is -2.42. The van der Waals surface area contributed by atoms with Crippen LogP contribution < -0.4 is 20.3 Å². The molecule has 0 unspecified atom stereocenters. The molecule has 6 nitrogen and oxygen atoms in total. The Kier molecular flexibility index (Phi) is 6.10. The van der Waals surface area contributed by atoms with Crippen molar-refractivity contribution >= 4 is 29.1 Å². The molecule has 2 N–H and O–H groups in total. The first-order valence-electron chi connectivity index (χ1n) is 7.64. The van der Waals surface area contributed by atoms with Crippen molar-refractivity contribution in [3.63, 3.8) is 0 Å². The number of carbonyl (C=O) groups is 2. The van der Waals surface area contributed by atoms with Crippen LogP contribution >= 0.6 is 11.6 Å². The maximum atomic E-state index is 12.1. The number of amides is 2. The van der Waals surface area contributed by atoms with Gasteiger partial charge in [-0.3, -0.25) is 9.59 Å². The van der Waals surface area contributed by atoms with Gasteiger partial charge in [-0.15, -0.1) is 0 Å². The quantitative estimate of drug-likeness (QED) is 0.768. The van der Waals surface area contributed by atoms with Crippen molar-refractivity contribution in [2.45, 2.75) is 19.8 Å². The van der Waals surface area contributed by atoms with Crippen LogP contribution in [0.15, 0.2) is 12.1 Å². The molecule has 126 valence electrons. The van der Waals surface area contributed by atoms with Crippen LogP contribution in [-0.2, 0) is 16.0 Å². The summed E-state index contributed by atoms with van der Waals surface area (Å²) in [5, 5.41) is 6.15. The predicted octanol–water partition coefficient (Wildman–Crippen LogP) is 1.35. The van der Waals surface area contributed by atoms with Crippen LogP contribution in [0.5, 0.6) is 5.75 Å². The molecule has 0 radical (unpaired) electrons. The highest BCUT2D eigenvalue weighted by Gasteiger charge is 2.24. The van der Waals surface area contributed by atoms with E-state index in [1.807, 2.05) is 17.0 Å². The van der Waals surface area contributed by atoms with Crippen molar-refractivity contribution in [3.8, 4) is 5.75 Å². The molecule has 0 bridgehead atoms. The number of ether oxygens (including phenoxy) is 1. The van der Waals surface area contributed by atoms with E-state index in [4.69, 9.17) is 16.3 Å². The van der Waals surface area contributed by atoms with Gasteiger partial charge in [-0.2, -0.15) is 0 Å². The minimum absolute atomic E-state index is 0.0924. The molecule has 2 rings (SSSR count). The van der Waals surface area contributed by atoms with E-state index in [9.17, 15) is 9.59 Å². The summed E-state index contributed by atoms with van der Waals surface area (Å²) in [5.41, 5.74) is 1.94. The average Bonchev–Trinajstić information content (AvgIpc) is 2.52. The van der Waals surface area contributed by atoms with Crippen molar-refractivity contribution in [2.75, 3.05) is 38.2 Å². The number of rotatable bonds is 6. The van der Waals surface area contributed by atoms with E-state index < -0.39 is 0 Å². The fourth-order valence-corrected chi connectivity index (χ4v) is 2.97. The van der Waals surface area contributed by atoms with Gasteiger partial charge in [0.2, 0.25) is 11.8 Å². The molecule has 0 saturated carbocycles. The van der Waals surface area contributed by atoms with Crippen LogP contribution in [-0.4, -0.2) is 45.1 Å². The molecule has 0 spiro atoms. The lowest BCUT2D eigenvalue weighted by atomic mass is 10.0. The number of anilines is 1. The van der Waals surface area contributed by atoms with Gasteiger partial charge in [-0.25, -0.2) is 0 Å². The summed E-state index contributed by atoms with van der Waals surface area (Å²) in [4.78, 5) is 24.9. The Balaban J connectivity index is 2.01. The Bertz CT molecular complexity index is 592. The number of carbonyl (C=O) groups excluding carboxylic acids is 2. The molecule has 0 fully saturated rings. The Morgan fingerprint density at radius 2 is 2.04 bits per heavy atom. The first kappa shape index (κ1) is 17.4. The van der Waals surface area contributed by atoms with Crippen LogP contribution in [0.1, 0.15) is 18.9 Å². The Hall–Kier alpha value is -1.95. The lowest BCUT2D eigenvalue weighted by molar-refractivity contribution is -0.121. The first-order chi connectivity index (χ1) is 11.0. The molecule has 1 aromatic rings. The van der Waals surface area contributed by atoms with Gasteiger partial charge in [-0.1, -0.05) is 11.6 Å². The second-order valence-corrected chi connectivity index (χ2v) is 5.84. The van der Waals surface area contributed by atoms with Gasteiger partial charge in [0.1, 0.15) is 5.75 Å². The van der Waals surface area contributed by atoms with Crippen molar-refractivity contribution in [1.29, 1.82) is 0 Å². The average molecular weight is 340 g/mol. The van der Waals surface area contributed by atoms with Crippen molar-refractivity contribution in [3.05, 3.63) is 22.7 Å². The molecule has 1 aliphatic heterocycles. The van der Waals surface area contributed by atoms with E-state index in [0.29, 0.717) is 18.1 Å². The zero-order valence-corrected chi connectivity index (χ0v) is 14.2. The number of benzene rings is 1. The van der Waals surface area contributed by atoms with Gasteiger partial charge in [-0.05, 0) is 30.5 Å². The molecule has 2 amide bonds. The Morgan fingerprint density at radius 3 is 2.74 bits per heavy atom. The van der Waals surface area contributed by atoms with E-state index in [-0.39, 0.29) is 18.4 Å². The zero-order chi connectivity index (χ0) is 16.8. The summed E-state index contributed by atoms with van der Waals surface area (Å²) in [5.74, 6) is 0.531. The van der Waals surface area contributed by atoms with Crippen molar-refractivity contribution in [1.82, 2.24) is 10.6 Å². The van der Waals surface area contributed by atoms with Crippen LogP contribution in [0.25, 0.3) is 0 Å². The van der Waals surface area contributed by atoms with Crippen LogP contribution in [0.2, 0.25) is 5.02 Å². The van der Waals surface area contributed by atoms with Crippen LogP contribution in [0.3, 0.4) is 0 Å². The molecule has 1 aliphatic rings. The number of nitrogens with zero attached hydrogens (tertiary/aromatic N) is 1. The molecule has 0 saturated heterocycles. The third-order valence-corrected chi connectivity index (χ3v) is 4.09. The van der Waals surface area contributed by atoms with Gasteiger partial charge in [0, 0.05) is 31.6 Å². The standard InChI is InChI=1S/C16H22ClN3O3/c1-11(21)18-7-8-19-15(22)10-20-9-3-4-12-13(17)5-6-14(23-2)16(12)20/h5-6H,3-4,7-10H2,1-2H3,(H,18,21)(H,19,22). The minimum atomic E-state index is -0.108. The molecule has 23 heavy (non-hydrogen) atoms. The van der Waals surface area contributed by atoms with Gasteiger partial charge in [0.05, 0.1) is 19.3 Å². The molecule has 0 aromatic heterocycles. The fraction of sp³-hybridized carbons (Fsp3) is 0.500. The molecule has 7 heteroatoms. The first-order valence-corrected chi connectivity index (χ1v) is 8.02. The second-order valence-electron chi connectivity index (χ2n) is 5.43. The van der Waals surface area contributed by atoms with E-state index >= 15 is 0 Å². The minimum Gasteiger partial charge on any atom is -0.495 e. The third kappa shape index (κ3) is 4.51. The summed E-state index contributed by atoms with van der Waals surface area (Å²) in [6, 6.07) is 3.66. The topological polar surface area (TPSA) is 70.7 Å². The van der Waals surface area contributed by atoms with E-state index in [0.717, 1.165) is 36.4 Å². The van der Waals surface area contributed by atoms with Crippen molar-refractivity contribution in [2.24, 2.45) is 0 Å². The highest BCUT2D eigenvalue weighted by molar-refractivity contribution is 6.32. The van der Waals surface area contributed by atoms with Gasteiger partial charge in [0.25, 0.3) is 0 Å². The monoisotopic (exact) mass is 339 g/mol. The van der Waals surface area contributed by atoms with Crippen molar-refractivity contribution < 1.29 is 14.3 Å². The number of fused-ring (bicyclic) bond motifs is 1. The van der Waals surface area contributed by atoms with Crippen LogP contribution in [0.4, 0.5) is 5.69 Å². The van der Waals surface area contributed by atoms with Crippen LogP contribution in [0, 0.1) is 0 Å².